The minimum Gasteiger partial charge on any atom is -0.493 e. The zero-order valence-electron chi connectivity index (χ0n) is 15.9. The average molecular weight is 382 g/mol. The first-order valence-corrected chi connectivity index (χ1v) is 9.29. The van der Waals surface area contributed by atoms with Crippen molar-refractivity contribution in [3.8, 4) is 11.5 Å². The largest absolute Gasteiger partial charge is 0.493 e. The lowest BCUT2D eigenvalue weighted by atomic mass is 10.1. The molecule has 0 radical (unpaired) electrons. The molecule has 0 aliphatic heterocycles. The van der Waals surface area contributed by atoms with Gasteiger partial charge in [-0.3, -0.25) is 0 Å². The van der Waals surface area contributed by atoms with E-state index in [1.165, 1.54) is 5.56 Å². The molecule has 0 heterocycles. The predicted molar refractivity (Wildman–Crippen MR) is 112 cm³/mol. The Morgan fingerprint density at radius 1 is 0.963 bits per heavy atom. The van der Waals surface area contributed by atoms with E-state index in [0.29, 0.717) is 13.2 Å². The SMILES string of the molecule is COc1cccc(CNc2ccc(C)c(Cl)c2)c1OCc1ccc(C)cc1. The van der Waals surface area contributed by atoms with Crippen molar-refractivity contribution in [2.75, 3.05) is 12.4 Å². The van der Waals surface area contributed by atoms with Gasteiger partial charge in [0.25, 0.3) is 0 Å². The van der Waals surface area contributed by atoms with Gasteiger partial charge in [-0.15, -0.1) is 0 Å². The van der Waals surface area contributed by atoms with Crippen molar-refractivity contribution in [3.63, 3.8) is 0 Å². The van der Waals surface area contributed by atoms with E-state index in [4.69, 9.17) is 21.1 Å². The van der Waals surface area contributed by atoms with E-state index in [2.05, 4.69) is 36.5 Å². The summed E-state index contributed by atoms with van der Waals surface area (Å²) >= 11 is 6.22. The highest BCUT2D eigenvalue weighted by Gasteiger charge is 2.11. The summed E-state index contributed by atoms with van der Waals surface area (Å²) in [7, 11) is 1.66. The van der Waals surface area contributed by atoms with Crippen LogP contribution in [0.2, 0.25) is 5.02 Å². The molecule has 0 saturated carbocycles. The smallest absolute Gasteiger partial charge is 0.166 e. The predicted octanol–water partition coefficient (Wildman–Crippen LogP) is 6.16. The maximum atomic E-state index is 6.22. The Bertz CT molecular complexity index is 907. The molecule has 0 spiro atoms. The van der Waals surface area contributed by atoms with E-state index < -0.39 is 0 Å². The van der Waals surface area contributed by atoms with Crippen molar-refractivity contribution < 1.29 is 9.47 Å². The first kappa shape index (κ1) is 19.1. The monoisotopic (exact) mass is 381 g/mol. The number of para-hydroxylation sites is 1. The highest BCUT2D eigenvalue weighted by atomic mass is 35.5. The van der Waals surface area contributed by atoms with Crippen LogP contribution in [0.4, 0.5) is 5.69 Å². The van der Waals surface area contributed by atoms with Crippen LogP contribution in [-0.2, 0) is 13.2 Å². The number of benzene rings is 3. The lowest BCUT2D eigenvalue weighted by Gasteiger charge is -2.16. The molecule has 0 amide bonds. The van der Waals surface area contributed by atoms with Crippen LogP contribution in [0.1, 0.15) is 22.3 Å². The van der Waals surface area contributed by atoms with Crippen LogP contribution in [-0.4, -0.2) is 7.11 Å². The first-order valence-electron chi connectivity index (χ1n) is 8.91. The molecule has 27 heavy (non-hydrogen) atoms. The second-order valence-electron chi connectivity index (χ2n) is 6.54. The zero-order valence-corrected chi connectivity index (χ0v) is 16.6. The maximum absolute atomic E-state index is 6.22. The van der Waals surface area contributed by atoms with Gasteiger partial charge in [0.1, 0.15) is 6.61 Å². The molecular formula is C23H24ClNO2. The second-order valence-corrected chi connectivity index (χ2v) is 6.95. The summed E-state index contributed by atoms with van der Waals surface area (Å²) in [5, 5.41) is 4.16. The molecule has 3 rings (SSSR count). The molecule has 0 aliphatic rings. The van der Waals surface area contributed by atoms with Gasteiger partial charge in [-0.05, 0) is 43.2 Å². The molecule has 0 fully saturated rings. The van der Waals surface area contributed by atoms with Crippen LogP contribution in [0, 0.1) is 13.8 Å². The number of ether oxygens (including phenoxy) is 2. The summed E-state index contributed by atoms with van der Waals surface area (Å²) in [6, 6.07) is 20.2. The van der Waals surface area contributed by atoms with Crippen LogP contribution in [0.25, 0.3) is 0 Å². The Labute approximate surface area is 165 Å². The van der Waals surface area contributed by atoms with E-state index in [0.717, 1.165) is 38.9 Å². The number of methoxy groups -OCH3 is 1. The highest BCUT2D eigenvalue weighted by Crippen LogP contribution is 2.32. The third kappa shape index (κ3) is 4.95. The highest BCUT2D eigenvalue weighted by molar-refractivity contribution is 6.31. The molecule has 0 saturated heterocycles. The number of halogens is 1. The third-order valence-electron chi connectivity index (χ3n) is 4.44. The van der Waals surface area contributed by atoms with Crippen LogP contribution < -0.4 is 14.8 Å². The van der Waals surface area contributed by atoms with Crippen LogP contribution in [0.3, 0.4) is 0 Å². The van der Waals surface area contributed by atoms with Crippen molar-refractivity contribution in [1.29, 1.82) is 0 Å². The summed E-state index contributed by atoms with van der Waals surface area (Å²) < 4.78 is 11.6. The fourth-order valence-corrected chi connectivity index (χ4v) is 2.95. The number of rotatable bonds is 7. The Hall–Kier alpha value is -2.65. The quantitative estimate of drug-likeness (QED) is 0.531. The number of aryl methyl sites for hydroxylation is 2. The van der Waals surface area contributed by atoms with Crippen LogP contribution in [0.5, 0.6) is 11.5 Å². The van der Waals surface area contributed by atoms with Gasteiger partial charge in [0.2, 0.25) is 0 Å². The lowest BCUT2D eigenvalue weighted by Crippen LogP contribution is -2.05. The Morgan fingerprint density at radius 2 is 1.74 bits per heavy atom. The molecule has 0 aliphatic carbocycles. The fraction of sp³-hybridized carbons (Fsp3) is 0.217. The van der Waals surface area contributed by atoms with E-state index in [9.17, 15) is 0 Å². The van der Waals surface area contributed by atoms with E-state index in [1.54, 1.807) is 7.11 Å². The number of nitrogens with one attached hydrogen (secondary N) is 1. The molecular weight excluding hydrogens is 358 g/mol. The first-order chi connectivity index (χ1) is 13.1. The maximum Gasteiger partial charge on any atom is 0.166 e. The van der Waals surface area contributed by atoms with E-state index >= 15 is 0 Å². The van der Waals surface area contributed by atoms with Gasteiger partial charge < -0.3 is 14.8 Å². The zero-order chi connectivity index (χ0) is 19.2. The number of hydrogen-bond donors (Lipinski definition) is 1. The summed E-state index contributed by atoms with van der Waals surface area (Å²) in [6.45, 7) is 5.17. The van der Waals surface area contributed by atoms with Crippen molar-refractivity contribution in [2.45, 2.75) is 27.0 Å². The summed E-state index contributed by atoms with van der Waals surface area (Å²) in [5.74, 6) is 1.48. The number of hydrogen-bond acceptors (Lipinski definition) is 3. The second kappa shape index (κ2) is 8.83. The van der Waals surface area contributed by atoms with Gasteiger partial charge in [-0.25, -0.2) is 0 Å². The van der Waals surface area contributed by atoms with Gasteiger partial charge in [0.15, 0.2) is 11.5 Å². The molecule has 3 aromatic carbocycles. The minimum atomic E-state index is 0.490. The van der Waals surface area contributed by atoms with Crippen molar-refractivity contribution in [1.82, 2.24) is 0 Å². The molecule has 3 aromatic rings. The third-order valence-corrected chi connectivity index (χ3v) is 4.85. The molecule has 0 bridgehead atoms. The summed E-state index contributed by atoms with van der Waals surface area (Å²) in [4.78, 5) is 0. The van der Waals surface area contributed by atoms with Crippen molar-refractivity contribution >= 4 is 17.3 Å². The Morgan fingerprint density at radius 3 is 2.44 bits per heavy atom. The normalized spacial score (nSPS) is 10.5. The van der Waals surface area contributed by atoms with Crippen molar-refractivity contribution in [2.24, 2.45) is 0 Å². The topological polar surface area (TPSA) is 30.5 Å². The van der Waals surface area contributed by atoms with Crippen LogP contribution in [0.15, 0.2) is 60.7 Å². The molecule has 1 N–H and O–H groups in total. The Balaban J connectivity index is 1.76. The van der Waals surface area contributed by atoms with Gasteiger partial charge in [-0.1, -0.05) is 59.6 Å². The van der Waals surface area contributed by atoms with Crippen LogP contribution >= 0.6 is 11.6 Å². The van der Waals surface area contributed by atoms with Gasteiger partial charge in [0, 0.05) is 22.8 Å². The summed E-state index contributed by atoms with van der Waals surface area (Å²) in [6.07, 6.45) is 0. The van der Waals surface area contributed by atoms with Crippen molar-refractivity contribution in [3.05, 3.63) is 87.9 Å². The molecule has 140 valence electrons. The molecule has 0 aromatic heterocycles. The standard InChI is InChI=1S/C23H24ClNO2/c1-16-7-10-18(11-8-16)15-27-23-19(5-4-6-22(23)26-3)14-25-20-12-9-17(2)21(24)13-20/h4-13,25H,14-15H2,1-3H3. The van der Waals surface area contributed by atoms with Gasteiger partial charge >= 0.3 is 0 Å². The molecule has 0 atom stereocenters. The fourth-order valence-electron chi connectivity index (χ4n) is 2.76. The van der Waals surface area contributed by atoms with Gasteiger partial charge in [-0.2, -0.15) is 0 Å². The summed E-state index contributed by atoms with van der Waals surface area (Å²) in [5.41, 5.74) is 5.41. The molecule has 3 nitrogen and oxygen atoms in total. The lowest BCUT2D eigenvalue weighted by molar-refractivity contribution is 0.281. The van der Waals surface area contributed by atoms with Gasteiger partial charge in [0.05, 0.1) is 7.11 Å². The van der Waals surface area contributed by atoms with E-state index in [-0.39, 0.29) is 0 Å². The average Bonchev–Trinajstić information content (AvgIpc) is 2.68. The molecule has 4 heteroatoms. The molecule has 0 unspecified atom stereocenters. The number of anilines is 1. The minimum absolute atomic E-state index is 0.490. The Kier molecular flexibility index (Phi) is 6.25. The van der Waals surface area contributed by atoms with E-state index in [1.807, 2.05) is 43.3 Å².